The summed E-state index contributed by atoms with van der Waals surface area (Å²) >= 11 is 6.07. The molecule has 1 fully saturated rings. The van der Waals surface area contributed by atoms with E-state index in [1.807, 2.05) is 12.1 Å². The SMILES string of the molecule is CCC1(C)CNC(C)CN1Cc1cccc(Cl)c1. The summed E-state index contributed by atoms with van der Waals surface area (Å²) < 4.78 is 0. The van der Waals surface area contributed by atoms with Gasteiger partial charge >= 0.3 is 0 Å². The molecule has 0 amide bonds. The Morgan fingerprint density at radius 2 is 2.28 bits per heavy atom. The van der Waals surface area contributed by atoms with Crippen molar-refractivity contribution in [2.75, 3.05) is 13.1 Å². The third-order valence-corrected chi connectivity index (χ3v) is 4.35. The molecule has 0 radical (unpaired) electrons. The molecule has 0 aromatic heterocycles. The lowest BCUT2D eigenvalue weighted by Crippen LogP contribution is -2.61. The Hall–Kier alpha value is -0.570. The summed E-state index contributed by atoms with van der Waals surface area (Å²) in [6.45, 7) is 10.00. The summed E-state index contributed by atoms with van der Waals surface area (Å²) in [7, 11) is 0. The highest BCUT2D eigenvalue weighted by Crippen LogP contribution is 2.25. The number of hydrogen-bond acceptors (Lipinski definition) is 2. The molecular weight excluding hydrogens is 244 g/mol. The molecule has 1 aromatic rings. The number of nitrogens with zero attached hydrogens (tertiary/aromatic N) is 1. The fraction of sp³-hybridized carbons (Fsp3) is 0.600. The van der Waals surface area contributed by atoms with Crippen molar-refractivity contribution in [2.24, 2.45) is 0 Å². The zero-order valence-corrected chi connectivity index (χ0v) is 12.3. The number of rotatable bonds is 3. The number of benzene rings is 1. The minimum atomic E-state index is 0.245. The van der Waals surface area contributed by atoms with Crippen molar-refractivity contribution < 1.29 is 0 Å². The van der Waals surface area contributed by atoms with Crippen LogP contribution in [0.2, 0.25) is 5.02 Å². The molecule has 1 aliphatic rings. The van der Waals surface area contributed by atoms with E-state index in [2.05, 4.69) is 43.1 Å². The molecule has 1 aliphatic heterocycles. The van der Waals surface area contributed by atoms with Crippen LogP contribution in [0.5, 0.6) is 0 Å². The van der Waals surface area contributed by atoms with E-state index in [9.17, 15) is 0 Å². The third-order valence-electron chi connectivity index (χ3n) is 4.11. The molecule has 0 spiro atoms. The first-order valence-corrected chi connectivity index (χ1v) is 7.14. The molecule has 2 atom stereocenters. The highest BCUT2D eigenvalue weighted by Gasteiger charge is 2.34. The minimum absolute atomic E-state index is 0.245. The number of nitrogens with one attached hydrogen (secondary N) is 1. The van der Waals surface area contributed by atoms with Gasteiger partial charge in [0.2, 0.25) is 0 Å². The molecule has 1 aromatic carbocycles. The smallest absolute Gasteiger partial charge is 0.0409 e. The molecule has 18 heavy (non-hydrogen) atoms. The van der Waals surface area contributed by atoms with Gasteiger partial charge in [-0.2, -0.15) is 0 Å². The van der Waals surface area contributed by atoms with Crippen molar-refractivity contribution >= 4 is 11.6 Å². The van der Waals surface area contributed by atoms with Gasteiger partial charge in [0.25, 0.3) is 0 Å². The molecule has 3 heteroatoms. The number of piperazine rings is 1. The van der Waals surface area contributed by atoms with Crippen molar-refractivity contribution in [3.8, 4) is 0 Å². The first-order valence-electron chi connectivity index (χ1n) is 6.76. The maximum atomic E-state index is 6.07. The summed E-state index contributed by atoms with van der Waals surface area (Å²) in [6, 6.07) is 8.76. The molecule has 1 saturated heterocycles. The Morgan fingerprint density at radius 1 is 1.50 bits per heavy atom. The lowest BCUT2D eigenvalue weighted by atomic mass is 9.92. The molecule has 0 aliphatic carbocycles. The van der Waals surface area contributed by atoms with E-state index in [1.54, 1.807) is 0 Å². The Kier molecular flexibility index (Phi) is 4.31. The average molecular weight is 267 g/mol. The van der Waals surface area contributed by atoms with E-state index in [0.29, 0.717) is 6.04 Å². The first-order chi connectivity index (χ1) is 8.53. The van der Waals surface area contributed by atoms with Gasteiger partial charge in [0.1, 0.15) is 0 Å². The topological polar surface area (TPSA) is 15.3 Å². The largest absolute Gasteiger partial charge is 0.311 e. The minimum Gasteiger partial charge on any atom is -0.311 e. The van der Waals surface area contributed by atoms with Crippen molar-refractivity contribution in [1.29, 1.82) is 0 Å². The molecule has 1 N–H and O–H groups in total. The van der Waals surface area contributed by atoms with Crippen molar-refractivity contribution in [3.05, 3.63) is 34.9 Å². The second kappa shape index (κ2) is 5.60. The van der Waals surface area contributed by atoms with Crippen molar-refractivity contribution in [3.63, 3.8) is 0 Å². The van der Waals surface area contributed by atoms with Crippen LogP contribution in [-0.2, 0) is 6.54 Å². The van der Waals surface area contributed by atoms with Crippen LogP contribution in [0.3, 0.4) is 0 Å². The Balaban J connectivity index is 2.14. The molecule has 2 rings (SSSR count). The zero-order valence-electron chi connectivity index (χ0n) is 11.5. The summed E-state index contributed by atoms with van der Waals surface area (Å²) in [5, 5.41) is 4.41. The van der Waals surface area contributed by atoms with Crippen LogP contribution >= 0.6 is 11.6 Å². The van der Waals surface area contributed by atoms with Crippen LogP contribution in [0.25, 0.3) is 0 Å². The highest BCUT2D eigenvalue weighted by molar-refractivity contribution is 6.30. The monoisotopic (exact) mass is 266 g/mol. The van der Waals surface area contributed by atoms with E-state index in [4.69, 9.17) is 11.6 Å². The van der Waals surface area contributed by atoms with Crippen LogP contribution in [0.15, 0.2) is 24.3 Å². The maximum Gasteiger partial charge on any atom is 0.0409 e. The Bertz CT molecular complexity index is 407. The van der Waals surface area contributed by atoms with E-state index < -0.39 is 0 Å². The molecule has 0 bridgehead atoms. The normalized spacial score (nSPS) is 29.4. The lowest BCUT2D eigenvalue weighted by Gasteiger charge is -2.47. The number of halogens is 1. The molecule has 2 unspecified atom stereocenters. The Labute approximate surface area is 115 Å². The van der Waals surface area contributed by atoms with Crippen LogP contribution < -0.4 is 5.32 Å². The highest BCUT2D eigenvalue weighted by atomic mass is 35.5. The van der Waals surface area contributed by atoms with Gasteiger partial charge in [-0.05, 0) is 38.0 Å². The second-order valence-corrected chi connectivity index (χ2v) is 6.08. The van der Waals surface area contributed by atoms with Crippen LogP contribution in [0, 0.1) is 0 Å². The standard InChI is InChI=1S/C15H23ClN2/c1-4-15(3)11-17-12(2)9-18(15)10-13-6-5-7-14(16)8-13/h5-8,12,17H,4,9-11H2,1-3H3. The summed E-state index contributed by atoms with van der Waals surface area (Å²) in [4.78, 5) is 2.58. The predicted octanol–water partition coefficient (Wildman–Crippen LogP) is 3.30. The average Bonchev–Trinajstić information content (AvgIpc) is 2.34. The molecule has 2 nitrogen and oxygen atoms in total. The molecule has 1 heterocycles. The lowest BCUT2D eigenvalue weighted by molar-refractivity contribution is 0.0453. The Morgan fingerprint density at radius 3 is 2.94 bits per heavy atom. The maximum absolute atomic E-state index is 6.07. The van der Waals surface area contributed by atoms with Crippen molar-refractivity contribution in [1.82, 2.24) is 10.2 Å². The van der Waals surface area contributed by atoms with Gasteiger partial charge in [-0.25, -0.2) is 0 Å². The van der Waals surface area contributed by atoms with Gasteiger partial charge in [-0.15, -0.1) is 0 Å². The quantitative estimate of drug-likeness (QED) is 0.903. The van der Waals surface area contributed by atoms with Gasteiger partial charge in [-0.3, -0.25) is 4.90 Å². The van der Waals surface area contributed by atoms with Gasteiger partial charge in [0, 0.05) is 36.2 Å². The summed E-state index contributed by atoms with van der Waals surface area (Å²) in [6.07, 6.45) is 1.16. The zero-order chi connectivity index (χ0) is 13.2. The summed E-state index contributed by atoms with van der Waals surface area (Å²) in [5.74, 6) is 0. The van der Waals surface area contributed by atoms with Crippen LogP contribution in [-0.4, -0.2) is 29.6 Å². The van der Waals surface area contributed by atoms with E-state index in [0.717, 1.165) is 31.1 Å². The van der Waals surface area contributed by atoms with Crippen LogP contribution in [0.1, 0.15) is 32.8 Å². The second-order valence-electron chi connectivity index (χ2n) is 5.64. The van der Waals surface area contributed by atoms with Crippen molar-refractivity contribution in [2.45, 2.75) is 45.3 Å². The molecular formula is C15H23ClN2. The predicted molar refractivity (Wildman–Crippen MR) is 78.0 cm³/mol. The van der Waals surface area contributed by atoms with Gasteiger partial charge < -0.3 is 5.32 Å². The van der Waals surface area contributed by atoms with Gasteiger partial charge in [0.05, 0.1) is 0 Å². The molecule has 100 valence electrons. The first kappa shape index (κ1) is 13.9. The molecule has 0 saturated carbocycles. The van der Waals surface area contributed by atoms with E-state index in [-0.39, 0.29) is 5.54 Å². The fourth-order valence-electron chi connectivity index (χ4n) is 2.58. The fourth-order valence-corrected chi connectivity index (χ4v) is 2.79. The van der Waals surface area contributed by atoms with Crippen LogP contribution in [0.4, 0.5) is 0 Å². The van der Waals surface area contributed by atoms with Gasteiger partial charge in [0.15, 0.2) is 0 Å². The summed E-state index contributed by atoms with van der Waals surface area (Å²) in [5.41, 5.74) is 1.55. The third kappa shape index (κ3) is 3.05. The number of hydrogen-bond donors (Lipinski definition) is 1. The van der Waals surface area contributed by atoms with Gasteiger partial charge in [-0.1, -0.05) is 30.7 Å². The van der Waals surface area contributed by atoms with E-state index in [1.165, 1.54) is 5.56 Å². The van der Waals surface area contributed by atoms with E-state index >= 15 is 0 Å².